The molecule has 31 heavy (non-hydrogen) atoms. The van der Waals surface area contributed by atoms with Crippen molar-refractivity contribution >= 4 is 28.9 Å². The van der Waals surface area contributed by atoms with E-state index < -0.39 is 17.6 Å². The number of aliphatic imine (C=N–C) groups is 1. The number of methoxy groups -OCH3 is 1. The molecule has 0 unspecified atom stereocenters. The summed E-state index contributed by atoms with van der Waals surface area (Å²) in [5.41, 5.74) is -0.678. The first-order chi connectivity index (χ1) is 14.9. The highest BCUT2D eigenvalue weighted by atomic mass is 32.2. The molecule has 170 valence electrons. The number of carboxylic acid groups (broad SMARTS) is 1. The van der Waals surface area contributed by atoms with Crippen molar-refractivity contribution in [3.05, 3.63) is 23.8 Å². The van der Waals surface area contributed by atoms with Crippen LogP contribution in [-0.2, 0) is 14.3 Å². The molecular formula is C21H28N2O7S. The summed E-state index contributed by atoms with van der Waals surface area (Å²) in [6.45, 7) is 4.43. The van der Waals surface area contributed by atoms with Crippen LogP contribution in [0, 0.1) is 0 Å². The molecule has 1 atom stereocenters. The van der Waals surface area contributed by atoms with Crippen LogP contribution in [-0.4, -0.2) is 85.0 Å². The molecule has 2 heterocycles. The summed E-state index contributed by atoms with van der Waals surface area (Å²) in [7, 11) is 1.60. The van der Waals surface area contributed by atoms with Crippen molar-refractivity contribution in [2.75, 3.05) is 52.4 Å². The number of hydrogen-bond donors (Lipinski definition) is 1. The fourth-order valence-corrected chi connectivity index (χ4v) is 4.34. The van der Waals surface area contributed by atoms with E-state index in [1.54, 1.807) is 37.1 Å². The number of amides is 1. The van der Waals surface area contributed by atoms with E-state index in [1.807, 2.05) is 0 Å². The van der Waals surface area contributed by atoms with Crippen LogP contribution in [0.25, 0.3) is 0 Å². The summed E-state index contributed by atoms with van der Waals surface area (Å²) < 4.78 is 22.0. The van der Waals surface area contributed by atoms with E-state index in [0.717, 1.165) is 12.8 Å². The van der Waals surface area contributed by atoms with Crippen LogP contribution < -0.4 is 9.47 Å². The molecule has 3 rings (SSSR count). The summed E-state index contributed by atoms with van der Waals surface area (Å²) >= 11 is 1.32. The van der Waals surface area contributed by atoms with Gasteiger partial charge in [0, 0.05) is 26.0 Å². The number of para-hydroxylation sites is 1. The van der Waals surface area contributed by atoms with Gasteiger partial charge in [-0.25, -0.2) is 9.59 Å². The van der Waals surface area contributed by atoms with Crippen LogP contribution in [0.4, 0.5) is 4.79 Å². The highest BCUT2D eigenvalue weighted by Crippen LogP contribution is 2.39. The largest absolute Gasteiger partial charge is 0.487 e. The van der Waals surface area contributed by atoms with Crippen molar-refractivity contribution in [1.82, 2.24) is 4.90 Å². The first-order valence-corrected chi connectivity index (χ1v) is 11.2. The first kappa shape index (κ1) is 23.4. The van der Waals surface area contributed by atoms with E-state index in [0.29, 0.717) is 55.0 Å². The standard InChI is InChI=1S/C21H28N2O7S/c1-21(19(24)25)14-31-18(22-21)15-6-5-7-16(29-13-12-28-11-10-27-2)17(15)30-20(26)23-8-3-4-9-23/h5-7H,3-4,8-14H2,1-2H3,(H,24,25)/t21-/m1/s1. The fourth-order valence-electron chi connectivity index (χ4n) is 3.15. The Kier molecular flexibility index (Phi) is 8.16. The molecule has 1 fully saturated rings. The molecule has 0 radical (unpaired) electrons. The minimum Gasteiger partial charge on any atom is -0.487 e. The van der Waals surface area contributed by atoms with E-state index in [1.165, 1.54) is 11.8 Å². The number of likely N-dealkylation sites (tertiary alicyclic amines) is 1. The van der Waals surface area contributed by atoms with Crippen LogP contribution in [0.3, 0.4) is 0 Å². The Hall–Kier alpha value is -2.30. The molecule has 1 saturated heterocycles. The minimum atomic E-state index is -1.22. The zero-order valence-corrected chi connectivity index (χ0v) is 18.6. The van der Waals surface area contributed by atoms with Gasteiger partial charge in [0.05, 0.1) is 25.4 Å². The van der Waals surface area contributed by atoms with Crippen molar-refractivity contribution in [3.63, 3.8) is 0 Å². The number of aliphatic carboxylic acids is 1. The summed E-state index contributed by atoms with van der Waals surface area (Å²) in [6.07, 6.45) is 1.44. The van der Waals surface area contributed by atoms with Crippen molar-refractivity contribution < 1.29 is 33.6 Å². The number of nitrogens with zero attached hydrogens (tertiary/aromatic N) is 2. The second kappa shape index (κ2) is 10.8. The lowest BCUT2D eigenvalue weighted by atomic mass is 10.1. The SMILES string of the molecule is COCCOCCOc1cccc(C2=N[C@@](C)(C(=O)O)CS2)c1OC(=O)N1CCCC1. The highest BCUT2D eigenvalue weighted by molar-refractivity contribution is 8.14. The molecule has 0 saturated carbocycles. The molecule has 1 amide bonds. The van der Waals surface area contributed by atoms with Crippen molar-refractivity contribution in [3.8, 4) is 11.5 Å². The maximum Gasteiger partial charge on any atom is 0.415 e. The maximum absolute atomic E-state index is 12.7. The van der Waals surface area contributed by atoms with Gasteiger partial charge in [0.2, 0.25) is 0 Å². The molecule has 9 nitrogen and oxygen atoms in total. The zero-order chi connectivity index (χ0) is 22.3. The second-order valence-corrected chi connectivity index (χ2v) is 8.40. The predicted octanol–water partition coefficient (Wildman–Crippen LogP) is 2.66. The summed E-state index contributed by atoms with van der Waals surface area (Å²) in [5.74, 6) is -0.0636. The number of rotatable bonds is 10. The Bertz CT molecular complexity index is 826. The number of carbonyl (C=O) groups is 2. The van der Waals surface area contributed by atoms with Gasteiger partial charge in [0.15, 0.2) is 17.0 Å². The van der Waals surface area contributed by atoms with Crippen LogP contribution in [0.15, 0.2) is 23.2 Å². The van der Waals surface area contributed by atoms with Gasteiger partial charge < -0.3 is 29.0 Å². The number of hydrogen-bond acceptors (Lipinski definition) is 8. The van der Waals surface area contributed by atoms with Gasteiger partial charge in [0.1, 0.15) is 11.7 Å². The molecular weight excluding hydrogens is 424 g/mol. The number of carboxylic acids is 1. The van der Waals surface area contributed by atoms with Gasteiger partial charge in [-0.15, -0.1) is 11.8 Å². The number of carbonyl (C=O) groups excluding carboxylic acids is 1. The Morgan fingerprint density at radius 2 is 1.94 bits per heavy atom. The average molecular weight is 453 g/mol. The molecule has 0 aromatic heterocycles. The monoisotopic (exact) mass is 452 g/mol. The van der Waals surface area contributed by atoms with Crippen LogP contribution >= 0.6 is 11.8 Å². The molecule has 1 aromatic rings. The summed E-state index contributed by atoms with van der Waals surface area (Å²) in [4.78, 5) is 30.3. The van der Waals surface area contributed by atoms with Gasteiger partial charge >= 0.3 is 12.1 Å². The molecule has 2 aliphatic rings. The van der Waals surface area contributed by atoms with Gasteiger partial charge in [-0.2, -0.15) is 0 Å². The molecule has 0 aliphatic carbocycles. The van der Waals surface area contributed by atoms with E-state index in [-0.39, 0.29) is 12.4 Å². The molecule has 0 spiro atoms. The van der Waals surface area contributed by atoms with Crippen LogP contribution in [0.1, 0.15) is 25.3 Å². The Balaban J connectivity index is 1.82. The Labute approximate surface area is 185 Å². The van der Waals surface area contributed by atoms with Crippen molar-refractivity contribution in [2.24, 2.45) is 4.99 Å². The van der Waals surface area contributed by atoms with Gasteiger partial charge in [-0.3, -0.25) is 4.99 Å². The first-order valence-electron chi connectivity index (χ1n) is 10.2. The third-order valence-corrected chi connectivity index (χ3v) is 6.27. The zero-order valence-electron chi connectivity index (χ0n) is 17.8. The smallest absolute Gasteiger partial charge is 0.415 e. The summed E-state index contributed by atoms with van der Waals surface area (Å²) in [5, 5.41) is 10.0. The average Bonchev–Trinajstić information content (AvgIpc) is 3.42. The lowest BCUT2D eigenvalue weighted by Crippen LogP contribution is -2.33. The number of ether oxygens (including phenoxy) is 4. The van der Waals surface area contributed by atoms with Gasteiger partial charge in [0.25, 0.3) is 0 Å². The molecule has 1 aromatic carbocycles. The van der Waals surface area contributed by atoms with Crippen LogP contribution in [0.2, 0.25) is 0 Å². The lowest BCUT2D eigenvalue weighted by molar-refractivity contribution is -0.141. The van der Waals surface area contributed by atoms with Gasteiger partial charge in [-0.1, -0.05) is 6.07 Å². The number of benzene rings is 1. The second-order valence-electron chi connectivity index (χ2n) is 7.43. The van der Waals surface area contributed by atoms with E-state index in [4.69, 9.17) is 18.9 Å². The normalized spacial score (nSPS) is 20.6. The molecule has 0 bridgehead atoms. The van der Waals surface area contributed by atoms with E-state index in [9.17, 15) is 14.7 Å². The predicted molar refractivity (Wildman–Crippen MR) is 116 cm³/mol. The topological polar surface area (TPSA) is 107 Å². The lowest BCUT2D eigenvalue weighted by Gasteiger charge is -2.19. The van der Waals surface area contributed by atoms with E-state index >= 15 is 0 Å². The number of thioether (sulfide) groups is 1. The van der Waals surface area contributed by atoms with E-state index in [2.05, 4.69) is 4.99 Å². The Morgan fingerprint density at radius 3 is 2.61 bits per heavy atom. The minimum absolute atomic E-state index is 0.247. The summed E-state index contributed by atoms with van der Waals surface area (Å²) in [6, 6.07) is 5.24. The third-order valence-electron chi connectivity index (χ3n) is 4.98. The van der Waals surface area contributed by atoms with Crippen LogP contribution in [0.5, 0.6) is 11.5 Å². The third kappa shape index (κ3) is 5.90. The quantitative estimate of drug-likeness (QED) is 0.540. The molecule has 1 N–H and O–H groups in total. The maximum atomic E-state index is 12.7. The van der Waals surface area contributed by atoms with Gasteiger partial charge in [-0.05, 0) is 31.9 Å². The van der Waals surface area contributed by atoms with Crippen molar-refractivity contribution in [2.45, 2.75) is 25.3 Å². The Morgan fingerprint density at radius 1 is 1.19 bits per heavy atom. The van der Waals surface area contributed by atoms with Crippen molar-refractivity contribution in [1.29, 1.82) is 0 Å². The molecule has 2 aliphatic heterocycles. The highest BCUT2D eigenvalue weighted by Gasteiger charge is 2.39. The fraction of sp³-hybridized carbons (Fsp3) is 0.571. The molecule has 10 heteroatoms.